The van der Waals surface area contributed by atoms with Gasteiger partial charge in [-0.25, -0.2) is 13.6 Å². The molecule has 5 nitrogen and oxygen atoms in total. The quantitative estimate of drug-likeness (QED) is 0.748. The molecule has 0 aromatic heterocycles. The minimum Gasteiger partial charge on any atom is -0.467 e. The van der Waals surface area contributed by atoms with Gasteiger partial charge in [0.25, 0.3) is 5.91 Å². The van der Waals surface area contributed by atoms with Crippen LogP contribution in [0.15, 0.2) is 53.4 Å². The van der Waals surface area contributed by atoms with Crippen LogP contribution in [0.3, 0.4) is 0 Å². The zero-order chi connectivity index (χ0) is 19.1. The summed E-state index contributed by atoms with van der Waals surface area (Å²) in [4.78, 5) is 24.6. The summed E-state index contributed by atoms with van der Waals surface area (Å²) in [7, 11) is -0.197. The van der Waals surface area contributed by atoms with E-state index in [0.717, 1.165) is 25.3 Å². The summed E-state index contributed by atoms with van der Waals surface area (Å²) < 4.78 is 43.1. The lowest BCUT2D eigenvalue weighted by Gasteiger charge is -2.16. The molecular formula is C18H17F2NO4S. The Kier molecular flexibility index (Phi) is 6.97. The number of esters is 1. The highest BCUT2D eigenvalue weighted by Crippen LogP contribution is 2.11. The molecule has 26 heavy (non-hydrogen) atoms. The van der Waals surface area contributed by atoms with Gasteiger partial charge in [0.05, 0.1) is 17.9 Å². The number of carbonyl (C=O) groups excluding carboxylic acids is 2. The molecule has 0 fully saturated rings. The molecule has 0 radical (unpaired) electrons. The van der Waals surface area contributed by atoms with Crippen molar-refractivity contribution in [2.45, 2.75) is 17.4 Å². The summed E-state index contributed by atoms with van der Waals surface area (Å²) in [5.41, 5.74) is -0.137. The zero-order valence-corrected chi connectivity index (χ0v) is 14.7. The van der Waals surface area contributed by atoms with E-state index in [2.05, 4.69) is 10.1 Å². The van der Waals surface area contributed by atoms with E-state index >= 15 is 0 Å². The van der Waals surface area contributed by atoms with Gasteiger partial charge in [-0.1, -0.05) is 18.2 Å². The van der Waals surface area contributed by atoms with Crippen molar-refractivity contribution in [2.24, 2.45) is 0 Å². The molecule has 0 bridgehead atoms. The van der Waals surface area contributed by atoms with Crippen molar-refractivity contribution in [1.82, 2.24) is 5.32 Å². The lowest BCUT2D eigenvalue weighted by molar-refractivity contribution is -0.142. The van der Waals surface area contributed by atoms with E-state index in [1.807, 2.05) is 0 Å². The predicted molar refractivity (Wildman–Crippen MR) is 92.0 cm³/mol. The summed E-state index contributed by atoms with van der Waals surface area (Å²) in [5.74, 6) is -3.61. The van der Waals surface area contributed by atoms with E-state index in [4.69, 9.17) is 0 Å². The smallest absolute Gasteiger partial charge is 0.328 e. The molecule has 2 rings (SSSR count). The summed E-state index contributed by atoms with van der Waals surface area (Å²) in [5, 5.41) is 2.40. The lowest BCUT2D eigenvalue weighted by Crippen LogP contribution is -2.42. The first-order valence-electron chi connectivity index (χ1n) is 7.69. The second-order valence-electron chi connectivity index (χ2n) is 5.33. The second-order valence-corrected chi connectivity index (χ2v) is 6.90. The highest BCUT2D eigenvalue weighted by atomic mass is 32.2. The topological polar surface area (TPSA) is 72.5 Å². The third-order valence-corrected chi connectivity index (χ3v) is 4.98. The standard InChI is InChI=1S/C18H17F2NO4S/c1-25-18(23)16(9-10-26(24)13-5-3-2-4-6-13)21-17(22)12-7-8-14(19)15(20)11-12/h2-8,11,16H,9-10H2,1H3,(H,21,22)/t16-,26+/m1/s1. The van der Waals surface area contributed by atoms with Crippen LogP contribution in [0.4, 0.5) is 8.78 Å². The van der Waals surface area contributed by atoms with Crippen molar-refractivity contribution in [3.8, 4) is 0 Å². The maximum absolute atomic E-state index is 13.3. The molecule has 2 aromatic carbocycles. The first-order valence-corrected chi connectivity index (χ1v) is 9.01. The third kappa shape index (κ3) is 5.19. The van der Waals surface area contributed by atoms with Gasteiger partial charge in [0.15, 0.2) is 11.6 Å². The molecule has 8 heteroatoms. The van der Waals surface area contributed by atoms with Gasteiger partial charge in [-0.3, -0.25) is 9.00 Å². The van der Waals surface area contributed by atoms with Crippen LogP contribution in [0.25, 0.3) is 0 Å². The number of halogens is 2. The molecule has 0 aliphatic rings. The van der Waals surface area contributed by atoms with E-state index < -0.39 is 40.4 Å². The van der Waals surface area contributed by atoms with Crippen LogP contribution in [-0.4, -0.2) is 35.0 Å². The Hall–Kier alpha value is -2.61. The van der Waals surface area contributed by atoms with Gasteiger partial charge in [0.1, 0.15) is 6.04 Å². The SMILES string of the molecule is COC(=O)[C@@H](CC[S@](=O)c1ccccc1)NC(=O)c1ccc(F)c(F)c1. The Balaban J connectivity index is 2.05. The Morgan fingerprint density at radius 2 is 1.81 bits per heavy atom. The Labute approximate surface area is 151 Å². The number of ether oxygens (including phenoxy) is 1. The molecule has 138 valence electrons. The number of methoxy groups -OCH3 is 1. The molecule has 0 unspecified atom stereocenters. The van der Waals surface area contributed by atoms with Crippen LogP contribution in [-0.2, 0) is 20.3 Å². The van der Waals surface area contributed by atoms with E-state index in [0.29, 0.717) is 4.90 Å². The minimum atomic E-state index is -1.36. The molecule has 0 heterocycles. The van der Waals surface area contributed by atoms with Crippen molar-refractivity contribution < 1.29 is 27.3 Å². The van der Waals surface area contributed by atoms with Crippen molar-refractivity contribution in [3.63, 3.8) is 0 Å². The summed E-state index contributed by atoms with van der Waals surface area (Å²) >= 11 is 0. The average Bonchev–Trinajstić information content (AvgIpc) is 2.66. The maximum atomic E-state index is 13.3. The van der Waals surface area contributed by atoms with Crippen LogP contribution >= 0.6 is 0 Å². The second kappa shape index (κ2) is 9.19. The fourth-order valence-corrected chi connectivity index (χ4v) is 3.33. The Bertz CT molecular complexity index is 814. The molecule has 2 aromatic rings. The number of rotatable bonds is 7. The monoisotopic (exact) mass is 381 g/mol. The number of nitrogens with one attached hydrogen (secondary N) is 1. The van der Waals surface area contributed by atoms with Gasteiger partial charge < -0.3 is 10.1 Å². The average molecular weight is 381 g/mol. The number of carbonyl (C=O) groups is 2. The number of hydrogen-bond donors (Lipinski definition) is 1. The first-order chi connectivity index (χ1) is 12.4. The molecule has 1 amide bonds. The van der Waals surface area contributed by atoms with Crippen molar-refractivity contribution in [2.75, 3.05) is 12.9 Å². The molecule has 0 aliphatic heterocycles. The highest BCUT2D eigenvalue weighted by Gasteiger charge is 2.23. The molecule has 0 spiro atoms. The van der Waals surface area contributed by atoms with Crippen LogP contribution in [0, 0.1) is 11.6 Å². The van der Waals surface area contributed by atoms with Crippen LogP contribution in [0.5, 0.6) is 0 Å². The number of benzene rings is 2. The molecule has 0 aliphatic carbocycles. The highest BCUT2D eigenvalue weighted by molar-refractivity contribution is 7.85. The summed E-state index contributed by atoms with van der Waals surface area (Å²) in [6, 6.07) is 10.3. The number of hydrogen-bond acceptors (Lipinski definition) is 4. The largest absolute Gasteiger partial charge is 0.467 e. The maximum Gasteiger partial charge on any atom is 0.328 e. The minimum absolute atomic E-state index is 0.0591. The van der Waals surface area contributed by atoms with Gasteiger partial charge in [0, 0.05) is 16.2 Å². The summed E-state index contributed by atoms with van der Waals surface area (Å²) in [6.07, 6.45) is 0.0591. The first kappa shape index (κ1) is 19.7. The normalized spacial score (nSPS) is 12.9. The van der Waals surface area contributed by atoms with Gasteiger partial charge in [-0.15, -0.1) is 0 Å². The van der Waals surface area contributed by atoms with E-state index in [1.165, 1.54) is 0 Å². The molecular weight excluding hydrogens is 364 g/mol. The molecule has 0 saturated heterocycles. The Morgan fingerprint density at radius 3 is 2.42 bits per heavy atom. The van der Waals surface area contributed by atoms with E-state index in [1.54, 1.807) is 30.3 Å². The predicted octanol–water partition coefficient (Wildman–Crippen LogP) is 2.43. The summed E-state index contributed by atoms with van der Waals surface area (Å²) in [6.45, 7) is 0. The van der Waals surface area contributed by atoms with E-state index in [-0.39, 0.29) is 17.7 Å². The fourth-order valence-electron chi connectivity index (χ4n) is 2.19. The zero-order valence-electron chi connectivity index (χ0n) is 13.9. The Morgan fingerprint density at radius 1 is 1.12 bits per heavy atom. The molecule has 2 atom stereocenters. The van der Waals surface area contributed by atoms with Gasteiger partial charge in [-0.2, -0.15) is 0 Å². The third-order valence-electron chi connectivity index (χ3n) is 3.57. The van der Waals surface area contributed by atoms with Gasteiger partial charge in [0.2, 0.25) is 0 Å². The van der Waals surface area contributed by atoms with E-state index in [9.17, 15) is 22.6 Å². The molecule has 1 N–H and O–H groups in total. The van der Waals surface area contributed by atoms with Crippen molar-refractivity contribution in [3.05, 3.63) is 65.7 Å². The van der Waals surface area contributed by atoms with Gasteiger partial charge >= 0.3 is 5.97 Å². The number of amides is 1. The van der Waals surface area contributed by atoms with Crippen LogP contribution < -0.4 is 5.32 Å². The van der Waals surface area contributed by atoms with Gasteiger partial charge in [-0.05, 0) is 36.8 Å². The lowest BCUT2D eigenvalue weighted by atomic mass is 10.1. The van der Waals surface area contributed by atoms with Crippen molar-refractivity contribution in [1.29, 1.82) is 0 Å². The van der Waals surface area contributed by atoms with Crippen LogP contribution in [0.1, 0.15) is 16.8 Å². The molecule has 0 saturated carbocycles. The van der Waals surface area contributed by atoms with Crippen molar-refractivity contribution >= 4 is 22.7 Å². The fraction of sp³-hybridized carbons (Fsp3) is 0.222. The van der Waals surface area contributed by atoms with Crippen LogP contribution in [0.2, 0.25) is 0 Å².